The fourth-order valence-corrected chi connectivity index (χ4v) is 3.46. The summed E-state index contributed by atoms with van der Waals surface area (Å²) in [7, 11) is 0. The van der Waals surface area contributed by atoms with Crippen LogP contribution in [0.1, 0.15) is 23.2 Å². The monoisotopic (exact) mass is 401 g/mol. The lowest BCUT2D eigenvalue weighted by atomic mass is 10.1. The summed E-state index contributed by atoms with van der Waals surface area (Å²) < 4.78 is 7.06. The Kier molecular flexibility index (Phi) is 4.56. The largest absolute Gasteiger partial charge is 0.382 e. The van der Waals surface area contributed by atoms with Crippen molar-refractivity contribution < 1.29 is 9.53 Å². The number of rotatable bonds is 4. The number of nitrogen functional groups attached to an aromatic ring is 1. The molecule has 1 aliphatic heterocycles. The molecule has 1 fully saturated rings. The third-order valence-electron chi connectivity index (χ3n) is 4.96. The lowest BCUT2D eigenvalue weighted by Gasteiger charge is -2.11. The number of nitrogens with two attached hydrogens (primary N) is 1. The number of amides is 1. The molecule has 0 saturated carbocycles. The van der Waals surface area contributed by atoms with Crippen LogP contribution in [0, 0.1) is 0 Å². The van der Waals surface area contributed by atoms with Crippen molar-refractivity contribution in [3.05, 3.63) is 60.7 Å². The molecule has 0 bridgehead atoms. The van der Waals surface area contributed by atoms with E-state index in [0.29, 0.717) is 40.6 Å². The van der Waals surface area contributed by atoms with Gasteiger partial charge in [-0.2, -0.15) is 0 Å². The van der Waals surface area contributed by atoms with Gasteiger partial charge in [0.25, 0.3) is 5.91 Å². The van der Waals surface area contributed by atoms with E-state index in [1.807, 2.05) is 18.2 Å². The van der Waals surface area contributed by atoms with Crippen molar-refractivity contribution in [3.63, 3.8) is 0 Å². The van der Waals surface area contributed by atoms with E-state index in [1.165, 1.54) is 0 Å². The van der Waals surface area contributed by atoms with Crippen molar-refractivity contribution >= 4 is 17.4 Å². The van der Waals surface area contributed by atoms with E-state index in [0.717, 1.165) is 18.4 Å². The van der Waals surface area contributed by atoms with Crippen molar-refractivity contribution in [1.82, 2.24) is 29.9 Å². The van der Waals surface area contributed by atoms with E-state index < -0.39 is 0 Å². The molecule has 3 N–H and O–H groups in total. The van der Waals surface area contributed by atoms with Crippen molar-refractivity contribution in [2.45, 2.75) is 19.1 Å². The minimum atomic E-state index is -0.220. The molecular formula is C21H19N7O2. The Bertz CT molecular complexity index is 1200. The summed E-state index contributed by atoms with van der Waals surface area (Å²) in [6.07, 6.45) is 8.32. The van der Waals surface area contributed by atoms with Gasteiger partial charge in [0.2, 0.25) is 0 Å². The Balaban J connectivity index is 1.42. The highest BCUT2D eigenvalue weighted by Crippen LogP contribution is 2.28. The number of anilines is 1. The second-order valence-corrected chi connectivity index (χ2v) is 6.99. The molecule has 150 valence electrons. The maximum atomic E-state index is 12.3. The van der Waals surface area contributed by atoms with Gasteiger partial charge < -0.3 is 15.8 Å². The van der Waals surface area contributed by atoms with Crippen LogP contribution in [0.4, 0.5) is 5.82 Å². The fraction of sp³-hybridized carbons (Fsp3) is 0.190. The third kappa shape index (κ3) is 3.35. The van der Waals surface area contributed by atoms with Crippen molar-refractivity contribution in [1.29, 1.82) is 0 Å². The molecule has 0 spiro atoms. The number of carbonyl (C=O) groups excluding carboxylic acids is 1. The molecule has 9 heteroatoms. The SMILES string of the molecule is Nc1nn2cc(-c3ccc(C(=O)NC4CCCO4)cn3)cnc2c1-c1ccccn1. The van der Waals surface area contributed by atoms with Crippen LogP contribution >= 0.6 is 0 Å². The minimum Gasteiger partial charge on any atom is -0.382 e. The minimum absolute atomic E-state index is 0.200. The lowest BCUT2D eigenvalue weighted by molar-refractivity contribution is 0.0639. The van der Waals surface area contributed by atoms with Gasteiger partial charge in [-0.15, -0.1) is 5.10 Å². The predicted octanol–water partition coefficient (Wildman–Crippen LogP) is 2.30. The number of nitrogens with zero attached hydrogens (tertiary/aromatic N) is 5. The Labute approximate surface area is 171 Å². The second kappa shape index (κ2) is 7.53. The Morgan fingerprint density at radius 3 is 2.80 bits per heavy atom. The van der Waals surface area contributed by atoms with Gasteiger partial charge in [0.05, 0.1) is 22.5 Å². The summed E-state index contributed by atoms with van der Waals surface area (Å²) in [5.41, 5.74) is 10.0. The molecule has 0 radical (unpaired) electrons. The number of pyridine rings is 2. The number of fused-ring (bicyclic) bond motifs is 1. The maximum Gasteiger partial charge on any atom is 0.254 e. The van der Waals surface area contributed by atoms with Crippen LogP contribution in [0.2, 0.25) is 0 Å². The third-order valence-corrected chi connectivity index (χ3v) is 4.96. The molecule has 0 aliphatic carbocycles. The first-order valence-electron chi connectivity index (χ1n) is 9.63. The van der Waals surface area contributed by atoms with Gasteiger partial charge in [0.15, 0.2) is 11.5 Å². The number of nitrogens with one attached hydrogen (secondary N) is 1. The molecule has 4 aromatic heterocycles. The Morgan fingerprint density at radius 2 is 2.07 bits per heavy atom. The zero-order valence-corrected chi connectivity index (χ0v) is 16.0. The molecular weight excluding hydrogens is 382 g/mol. The van der Waals surface area contributed by atoms with Crippen LogP contribution < -0.4 is 11.1 Å². The zero-order chi connectivity index (χ0) is 20.5. The molecule has 0 aromatic carbocycles. The highest BCUT2D eigenvalue weighted by Gasteiger charge is 2.19. The highest BCUT2D eigenvalue weighted by atomic mass is 16.5. The maximum absolute atomic E-state index is 12.3. The summed E-state index contributed by atoms with van der Waals surface area (Å²) >= 11 is 0. The van der Waals surface area contributed by atoms with Crippen LogP contribution in [-0.2, 0) is 4.74 Å². The molecule has 1 unspecified atom stereocenters. The molecule has 1 aliphatic rings. The van der Waals surface area contributed by atoms with Gasteiger partial charge in [-0.25, -0.2) is 9.50 Å². The molecule has 30 heavy (non-hydrogen) atoms. The van der Waals surface area contributed by atoms with Crippen LogP contribution in [0.3, 0.4) is 0 Å². The Morgan fingerprint density at radius 1 is 1.13 bits per heavy atom. The molecule has 4 aromatic rings. The summed E-state index contributed by atoms with van der Waals surface area (Å²) in [6, 6.07) is 9.10. The summed E-state index contributed by atoms with van der Waals surface area (Å²) in [5, 5.41) is 7.22. The molecule has 9 nitrogen and oxygen atoms in total. The van der Waals surface area contributed by atoms with E-state index in [1.54, 1.807) is 41.4 Å². The zero-order valence-electron chi connectivity index (χ0n) is 16.0. The van der Waals surface area contributed by atoms with Crippen LogP contribution in [0.25, 0.3) is 28.2 Å². The number of ether oxygens (including phenoxy) is 1. The second-order valence-electron chi connectivity index (χ2n) is 6.99. The molecule has 5 rings (SSSR count). The van der Waals surface area contributed by atoms with Gasteiger partial charge in [-0.3, -0.25) is 14.8 Å². The van der Waals surface area contributed by atoms with Gasteiger partial charge in [0, 0.05) is 37.0 Å². The van der Waals surface area contributed by atoms with Gasteiger partial charge in [0.1, 0.15) is 6.23 Å². The van der Waals surface area contributed by atoms with Gasteiger partial charge in [-0.1, -0.05) is 6.07 Å². The molecule has 1 saturated heterocycles. The van der Waals surface area contributed by atoms with Crippen LogP contribution in [-0.4, -0.2) is 43.3 Å². The number of hydrogen-bond acceptors (Lipinski definition) is 7. The first-order valence-corrected chi connectivity index (χ1v) is 9.63. The number of carbonyl (C=O) groups is 1. The van der Waals surface area contributed by atoms with E-state index in [9.17, 15) is 4.79 Å². The number of hydrogen-bond donors (Lipinski definition) is 2. The average Bonchev–Trinajstić information content (AvgIpc) is 3.40. The smallest absolute Gasteiger partial charge is 0.254 e. The quantitative estimate of drug-likeness (QED) is 0.538. The fourth-order valence-electron chi connectivity index (χ4n) is 3.46. The van der Waals surface area contributed by atoms with Crippen molar-refractivity contribution in [2.75, 3.05) is 12.3 Å². The first-order chi connectivity index (χ1) is 14.7. The van der Waals surface area contributed by atoms with Crippen molar-refractivity contribution in [3.8, 4) is 22.5 Å². The van der Waals surface area contributed by atoms with E-state index >= 15 is 0 Å². The summed E-state index contributed by atoms with van der Waals surface area (Å²) in [5.74, 6) is 0.154. The molecule has 1 atom stereocenters. The first kappa shape index (κ1) is 18.2. The van der Waals surface area contributed by atoms with E-state index in [2.05, 4.69) is 25.4 Å². The Hall–Kier alpha value is -3.85. The van der Waals surface area contributed by atoms with Crippen LogP contribution in [0.5, 0.6) is 0 Å². The van der Waals surface area contributed by atoms with Gasteiger partial charge in [-0.05, 0) is 37.1 Å². The lowest BCUT2D eigenvalue weighted by Crippen LogP contribution is -2.34. The standard InChI is InChI=1S/C21H19N7O2/c22-19-18(16-4-1-2-8-23-16)20-25-11-14(12-28(20)27-19)15-7-6-13(10-24-15)21(29)26-17-5-3-9-30-17/h1-2,4,6-8,10-12,17H,3,5,9H2,(H2,22,27)(H,26,29). The topological polar surface area (TPSA) is 120 Å². The van der Waals surface area contributed by atoms with Gasteiger partial charge >= 0.3 is 0 Å². The number of aromatic nitrogens is 5. The summed E-state index contributed by atoms with van der Waals surface area (Å²) in [6.45, 7) is 0.678. The van der Waals surface area contributed by atoms with E-state index in [4.69, 9.17) is 10.5 Å². The van der Waals surface area contributed by atoms with Crippen LogP contribution in [0.15, 0.2) is 55.1 Å². The average molecular weight is 401 g/mol. The normalized spacial score (nSPS) is 16.1. The summed E-state index contributed by atoms with van der Waals surface area (Å²) in [4.78, 5) is 25.6. The predicted molar refractivity (Wildman–Crippen MR) is 110 cm³/mol. The van der Waals surface area contributed by atoms with E-state index in [-0.39, 0.29) is 12.1 Å². The van der Waals surface area contributed by atoms with Crippen molar-refractivity contribution in [2.24, 2.45) is 0 Å². The molecule has 1 amide bonds. The molecule has 5 heterocycles. The highest BCUT2D eigenvalue weighted by molar-refractivity contribution is 5.94.